The van der Waals surface area contributed by atoms with Gasteiger partial charge in [0.05, 0.1) is 5.02 Å². The molecule has 17 heteroatoms. The first kappa shape index (κ1) is 42.6. The van der Waals surface area contributed by atoms with Crippen LogP contribution in [-0.2, 0) is 30.9 Å². The Kier molecular flexibility index (Phi) is 13.8. The second kappa shape index (κ2) is 17.5. The van der Waals surface area contributed by atoms with Gasteiger partial charge < -0.3 is 19.5 Å². The first-order valence-corrected chi connectivity index (χ1v) is 19.7. The Labute approximate surface area is 326 Å². The van der Waals surface area contributed by atoms with Gasteiger partial charge in [0.25, 0.3) is 0 Å². The van der Waals surface area contributed by atoms with Gasteiger partial charge in [0, 0.05) is 41.3 Å². The third-order valence-corrected chi connectivity index (χ3v) is 10.8. The first-order valence-electron chi connectivity index (χ1n) is 17.5. The molecule has 2 heterocycles. The SMILES string of the molecule is Cc1cc(C)c2cccc(OCc3c(Cl)ccc(S(=O)(=O)N4CCC[C@H]4C(=O)NCCCN(C=NC(=O)OC(C)(C)C)NC(=O)OC(C)(C)C)c3Cl)c2n1. The van der Waals surface area contributed by atoms with E-state index in [2.05, 4.69) is 20.7 Å². The number of nitrogens with zero attached hydrogens (tertiary/aromatic N) is 4. The van der Waals surface area contributed by atoms with Gasteiger partial charge in [0.1, 0.15) is 46.4 Å². The van der Waals surface area contributed by atoms with Crippen molar-refractivity contribution in [2.45, 2.75) is 103 Å². The predicted octanol–water partition coefficient (Wildman–Crippen LogP) is 7.10. The number of hydrazine groups is 1. The van der Waals surface area contributed by atoms with Crippen molar-refractivity contribution in [1.82, 2.24) is 25.0 Å². The number of aromatic nitrogens is 1. The maximum Gasteiger partial charge on any atom is 0.435 e. The molecule has 2 aromatic carbocycles. The monoisotopic (exact) mass is 806 g/mol. The molecule has 54 heavy (non-hydrogen) atoms. The van der Waals surface area contributed by atoms with Gasteiger partial charge in [-0.2, -0.15) is 9.30 Å². The quantitative estimate of drug-likeness (QED) is 0.0834. The zero-order valence-electron chi connectivity index (χ0n) is 31.8. The van der Waals surface area contributed by atoms with Crippen LogP contribution in [-0.4, -0.2) is 84.0 Å². The van der Waals surface area contributed by atoms with Crippen molar-refractivity contribution in [3.8, 4) is 5.75 Å². The number of aryl methyl sites for hydroxylation is 2. The number of halogens is 2. The van der Waals surface area contributed by atoms with Crippen molar-refractivity contribution >= 4 is 68.6 Å². The molecule has 1 atom stereocenters. The van der Waals surface area contributed by atoms with E-state index in [4.69, 9.17) is 37.4 Å². The second-order valence-corrected chi connectivity index (χ2v) is 17.5. The number of hydrogen-bond donors (Lipinski definition) is 2. The zero-order chi connectivity index (χ0) is 40.0. The van der Waals surface area contributed by atoms with Crippen LogP contribution in [0.1, 0.15) is 77.6 Å². The van der Waals surface area contributed by atoms with Gasteiger partial charge in [0.15, 0.2) is 0 Å². The maximum atomic E-state index is 14.0. The van der Waals surface area contributed by atoms with E-state index in [9.17, 15) is 22.8 Å². The molecule has 0 bridgehead atoms. The van der Waals surface area contributed by atoms with Gasteiger partial charge in [-0.25, -0.2) is 28.4 Å². The van der Waals surface area contributed by atoms with Crippen LogP contribution in [0.2, 0.25) is 10.0 Å². The fourth-order valence-electron chi connectivity index (χ4n) is 5.69. The first-order chi connectivity index (χ1) is 25.2. The third-order valence-electron chi connectivity index (χ3n) is 7.96. The third kappa shape index (κ3) is 11.4. The number of nitrogens with one attached hydrogen (secondary N) is 2. The summed E-state index contributed by atoms with van der Waals surface area (Å²) in [5.41, 5.74) is 3.76. The largest absolute Gasteiger partial charge is 0.487 e. The number of rotatable bonds is 12. The summed E-state index contributed by atoms with van der Waals surface area (Å²) < 4.78 is 45.8. The normalized spacial score (nSPS) is 15.3. The zero-order valence-corrected chi connectivity index (χ0v) is 34.1. The Bertz CT molecular complexity index is 2010. The fourth-order valence-corrected chi connectivity index (χ4v) is 8.21. The molecule has 1 aromatic heterocycles. The van der Waals surface area contributed by atoms with Gasteiger partial charge in [-0.15, -0.1) is 0 Å². The number of hydrogen-bond acceptors (Lipinski definition) is 9. The molecular formula is C37H48Cl2N6O8S. The highest BCUT2D eigenvalue weighted by atomic mass is 35.5. The summed E-state index contributed by atoms with van der Waals surface area (Å²) in [4.78, 5) is 46.2. The lowest BCUT2D eigenvalue weighted by atomic mass is 10.1. The lowest BCUT2D eigenvalue weighted by Crippen LogP contribution is -2.47. The Hall–Kier alpha value is -4.18. The van der Waals surface area contributed by atoms with Gasteiger partial charge in [0.2, 0.25) is 15.9 Å². The average Bonchev–Trinajstić information content (AvgIpc) is 3.55. The Morgan fingerprint density at radius 1 is 1.06 bits per heavy atom. The molecule has 294 valence electrons. The van der Waals surface area contributed by atoms with E-state index in [0.29, 0.717) is 24.1 Å². The van der Waals surface area contributed by atoms with Crippen LogP contribution < -0.4 is 15.5 Å². The fraction of sp³-hybridized carbons (Fsp3) is 0.486. The molecule has 0 unspecified atom stereocenters. The molecule has 4 rings (SSSR count). The van der Waals surface area contributed by atoms with Gasteiger partial charge in [-0.1, -0.05) is 35.3 Å². The van der Waals surface area contributed by atoms with Crippen LogP contribution in [0.4, 0.5) is 9.59 Å². The molecule has 2 N–H and O–H groups in total. The molecule has 1 saturated heterocycles. The van der Waals surface area contributed by atoms with E-state index < -0.39 is 45.4 Å². The van der Waals surface area contributed by atoms with Gasteiger partial charge in [-0.05, 0) is 104 Å². The summed E-state index contributed by atoms with van der Waals surface area (Å²) in [5.74, 6) is 0.00266. The van der Waals surface area contributed by atoms with Crippen molar-refractivity contribution in [2.75, 3.05) is 19.6 Å². The van der Waals surface area contributed by atoms with E-state index in [1.165, 1.54) is 17.1 Å². The lowest BCUT2D eigenvalue weighted by Gasteiger charge is -2.26. The molecule has 1 fully saturated rings. The number of ether oxygens (including phenoxy) is 3. The summed E-state index contributed by atoms with van der Waals surface area (Å²) in [6.07, 6.45) is 0.496. The number of sulfonamides is 1. The number of carbonyl (C=O) groups excluding carboxylic acids is 3. The van der Waals surface area contributed by atoms with Crippen LogP contribution in [0.5, 0.6) is 5.75 Å². The smallest absolute Gasteiger partial charge is 0.435 e. The summed E-state index contributed by atoms with van der Waals surface area (Å²) in [6.45, 7) is 14.3. The number of carbonyl (C=O) groups is 3. The van der Waals surface area contributed by atoms with E-state index in [1.807, 2.05) is 32.0 Å². The van der Waals surface area contributed by atoms with Crippen LogP contribution in [0.3, 0.4) is 0 Å². The average molecular weight is 808 g/mol. The molecule has 3 aromatic rings. The molecule has 3 amide bonds. The highest BCUT2D eigenvalue weighted by Crippen LogP contribution is 2.36. The van der Waals surface area contributed by atoms with Crippen LogP contribution >= 0.6 is 23.2 Å². The Balaban J connectivity index is 1.43. The lowest BCUT2D eigenvalue weighted by molar-refractivity contribution is -0.124. The summed E-state index contributed by atoms with van der Waals surface area (Å²) in [5, 5.41) is 5.07. The molecular weight excluding hydrogens is 759 g/mol. The maximum absolute atomic E-state index is 14.0. The Morgan fingerprint density at radius 3 is 2.44 bits per heavy atom. The number of fused-ring (bicyclic) bond motifs is 1. The van der Waals surface area contributed by atoms with E-state index in [0.717, 1.165) is 27.3 Å². The van der Waals surface area contributed by atoms with Crippen molar-refractivity contribution < 1.29 is 37.0 Å². The highest BCUT2D eigenvalue weighted by molar-refractivity contribution is 7.89. The number of para-hydroxylation sites is 1. The highest BCUT2D eigenvalue weighted by Gasteiger charge is 2.40. The number of aliphatic imine (C=N–C) groups is 1. The molecule has 0 radical (unpaired) electrons. The van der Waals surface area contributed by atoms with Crippen LogP contribution in [0.25, 0.3) is 10.9 Å². The van der Waals surface area contributed by atoms with Crippen molar-refractivity contribution in [1.29, 1.82) is 0 Å². The minimum absolute atomic E-state index is 0.0975. The number of benzene rings is 2. The molecule has 0 aliphatic carbocycles. The minimum Gasteiger partial charge on any atom is -0.487 e. The summed E-state index contributed by atoms with van der Waals surface area (Å²) >= 11 is 13.3. The summed E-state index contributed by atoms with van der Waals surface area (Å²) in [6, 6.07) is 9.34. The van der Waals surface area contributed by atoms with Crippen molar-refractivity contribution in [3.63, 3.8) is 0 Å². The molecule has 0 spiro atoms. The molecule has 14 nitrogen and oxygen atoms in total. The predicted molar refractivity (Wildman–Crippen MR) is 207 cm³/mol. The summed E-state index contributed by atoms with van der Waals surface area (Å²) in [7, 11) is -4.25. The number of amides is 3. The Morgan fingerprint density at radius 2 is 1.76 bits per heavy atom. The van der Waals surface area contributed by atoms with E-state index in [-0.39, 0.29) is 53.2 Å². The van der Waals surface area contributed by atoms with Crippen molar-refractivity contribution in [2.24, 2.45) is 4.99 Å². The minimum atomic E-state index is -4.25. The van der Waals surface area contributed by atoms with Crippen molar-refractivity contribution in [3.05, 3.63) is 63.3 Å². The standard InChI is InChI=1S/C37H48Cl2N6O8S/c1-23-20-24(2)42-32-25(23)12-9-14-29(32)51-21-26-27(38)15-16-30(31(26)39)54(49,50)45-19-10-13-28(45)33(46)40-17-11-18-44(43-35(48)53-37(6,7)8)22-41-34(47)52-36(3,4)5/h9,12,14-16,20,22,28H,10-11,13,17-19,21H2,1-8H3,(H,40,46)(H,43,48)/t28-/m0/s1. The van der Waals surface area contributed by atoms with Gasteiger partial charge >= 0.3 is 12.2 Å². The second-order valence-electron chi connectivity index (χ2n) is 14.8. The molecule has 1 aliphatic rings. The van der Waals surface area contributed by atoms with Gasteiger partial charge in [-0.3, -0.25) is 9.80 Å². The molecule has 1 aliphatic heterocycles. The molecule has 0 saturated carbocycles. The van der Waals surface area contributed by atoms with E-state index in [1.54, 1.807) is 47.6 Å². The van der Waals surface area contributed by atoms with Crippen LogP contribution in [0.15, 0.2) is 46.3 Å². The number of pyridine rings is 1. The van der Waals surface area contributed by atoms with E-state index >= 15 is 0 Å². The van der Waals surface area contributed by atoms with Crippen LogP contribution in [0, 0.1) is 13.8 Å². The topological polar surface area (TPSA) is 169 Å².